The second-order valence-electron chi connectivity index (χ2n) is 5.55. The van der Waals surface area contributed by atoms with Crippen molar-refractivity contribution >= 4 is 22.6 Å². The molecule has 0 aromatic rings. The summed E-state index contributed by atoms with van der Waals surface area (Å²) in [6.45, 7) is 16.8. The fraction of sp³-hybridized carbons (Fsp3) is 0.727. The van der Waals surface area contributed by atoms with Crippen molar-refractivity contribution in [3.8, 4) is 0 Å². The first-order chi connectivity index (χ1) is 7.08. The molecule has 0 saturated carbocycles. The summed E-state index contributed by atoms with van der Waals surface area (Å²) >= 11 is 0. The molecule has 16 heavy (non-hydrogen) atoms. The van der Waals surface area contributed by atoms with Crippen LogP contribution in [0.15, 0.2) is 12.7 Å². The van der Waals surface area contributed by atoms with Crippen LogP contribution in [0.25, 0.3) is 0 Å². The number of rotatable bonds is 6. The van der Waals surface area contributed by atoms with Gasteiger partial charge in [0.15, 0.2) is 16.6 Å². The second kappa shape index (κ2) is 5.79. The molecule has 94 valence electrons. The molecule has 0 aliphatic rings. The van der Waals surface area contributed by atoms with Crippen molar-refractivity contribution in [1.29, 1.82) is 0 Å². The Morgan fingerprint density at radius 1 is 1.31 bits per heavy atom. The van der Waals surface area contributed by atoms with Gasteiger partial charge in [0.2, 0.25) is 0 Å². The predicted molar refractivity (Wildman–Crippen MR) is 72.5 cm³/mol. The zero-order chi connectivity index (χ0) is 13.0. The van der Waals surface area contributed by atoms with Crippen LogP contribution >= 0.6 is 0 Å². The van der Waals surface area contributed by atoms with Gasteiger partial charge in [-0.3, -0.25) is 0 Å². The fourth-order valence-corrected chi connectivity index (χ4v) is 8.96. The topological polar surface area (TPSA) is 35.5 Å². The summed E-state index contributed by atoms with van der Waals surface area (Å²) in [6, 6.07) is 0. The van der Waals surface area contributed by atoms with Crippen molar-refractivity contribution in [2.45, 2.75) is 45.2 Å². The van der Waals surface area contributed by atoms with E-state index in [2.05, 4.69) is 46.2 Å². The van der Waals surface area contributed by atoms with Crippen LogP contribution in [0.1, 0.15) is 6.92 Å². The van der Waals surface area contributed by atoms with Crippen LogP contribution in [-0.4, -0.2) is 29.2 Å². The minimum absolute atomic E-state index is 0.295. The molecule has 0 aliphatic carbocycles. The largest absolute Gasteiger partial charge is 0.462 e. The van der Waals surface area contributed by atoms with Gasteiger partial charge in [0.05, 0.1) is 6.61 Å². The Balaban J connectivity index is 4.29. The molecule has 0 heterocycles. The number of ether oxygens (including phenoxy) is 1. The molecule has 5 heteroatoms. The van der Waals surface area contributed by atoms with E-state index in [0.29, 0.717) is 12.1 Å². The lowest BCUT2D eigenvalue weighted by molar-refractivity contribution is -0.137. The van der Waals surface area contributed by atoms with E-state index >= 15 is 0 Å². The lowest BCUT2D eigenvalue weighted by atomic mass is 10.5. The van der Waals surface area contributed by atoms with Gasteiger partial charge >= 0.3 is 5.97 Å². The molecular weight excluding hydrogens is 236 g/mol. The van der Waals surface area contributed by atoms with E-state index in [1.807, 2.05) is 0 Å². The van der Waals surface area contributed by atoms with Gasteiger partial charge in [0.25, 0.3) is 0 Å². The normalized spacial score (nSPS) is 14.4. The maximum atomic E-state index is 11.0. The first kappa shape index (κ1) is 15.6. The first-order valence-corrected chi connectivity index (χ1v) is 12.0. The molecule has 0 amide bonds. The lowest BCUT2D eigenvalue weighted by Crippen LogP contribution is -2.46. The average Bonchev–Trinajstić information content (AvgIpc) is 2.09. The van der Waals surface area contributed by atoms with Crippen LogP contribution in [0.3, 0.4) is 0 Å². The Bertz CT molecular complexity index is 256. The van der Waals surface area contributed by atoms with Crippen molar-refractivity contribution in [3.63, 3.8) is 0 Å². The first-order valence-electron chi connectivity index (χ1n) is 5.58. The quantitative estimate of drug-likeness (QED) is 0.418. The van der Waals surface area contributed by atoms with E-state index in [-0.39, 0.29) is 5.97 Å². The fourth-order valence-electron chi connectivity index (χ4n) is 1.36. The number of esters is 1. The highest BCUT2D eigenvalue weighted by molar-refractivity contribution is 6.85. The molecule has 0 rings (SSSR count). The van der Waals surface area contributed by atoms with Crippen LogP contribution < -0.4 is 0 Å². The minimum atomic E-state index is -1.77. The third-order valence-electron chi connectivity index (χ3n) is 2.40. The van der Waals surface area contributed by atoms with Gasteiger partial charge in [0.1, 0.15) is 0 Å². The van der Waals surface area contributed by atoms with Gasteiger partial charge in [-0.15, -0.1) is 0 Å². The van der Waals surface area contributed by atoms with Gasteiger partial charge in [0, 0.05) is 11.6 Å². The summed E-state index contributed by atoms with van der Waals surface area (Å²) in [5.74, 6) is -0.357. The molecule has 0 fully saturated rings. The van der Waals surface area contributed by atoms with Crippen molar-refractivity contribution in [3.05, 3.63) is 12.7 Å². The molecule has 0 bridgehead atoms. The van der Waals surface area contributed by atoms with Gasteiger partial charge < -0.3 is 8.85 Å². The van der Waals surface area contributed by atoms with E-state index in [9.17, 15) is 4.79 Å². The van der Waals surface area contributed by atoms with E-state index in [0.717, 1.165) is 0 Å². The molecule has 1 unspecified atom stereocenters. The predicted octanol–water partition coefficient (Wildman–Crippen LogP) is 3.16. The van der Waals surface area contributed by atoms with Crippen LogP contribution in [-0.2, 0) is 13.6 Å². The SMILES string of the molecule is C=CC(=O)OCC(C)[Si](C)(C)O[Si](C)(C)C. The Hall–Kier alpha value is -0.396. The molecular formula is C11H24O3Si2. The van der Waals surface area contributed by atoms with Gasteiger partial charge in [-0.25, -0.2) is 4.79 Å². The lowest BCUT2D eigenvalue weighted by Gasteiger charge is -2.35. The molecule has 0 aliphatic heterocycles. The van der Waals surface area contributed by atoms with Gasteiger partial charge in [-0.1, -0.05) is 13.5 Å². The third kappa shape index (κ3) is 6.24. The smallest absolute Gasteiger partial charge is 0.330 e. The van der Waals surface area contributed by atoms with Crippen molar-refractivity contribution in [2.24, 2.45) is 0 Å². The number of carbonyl (C=O) groups is 1. The summed E-state index contributed by atoms with van der Waals surface area (Å²) < 4.78 is 11.3. The van der Waals surface area contributed by atoms with Crippen molar-refractivity contribution in [1.82, 2.24) is 0 Å². The Kier molecular flexibility index (Phi) is 5.65. The van der Waals surface area contributed by atoms with E-state index in [1.165, 1.54) is 6.08 Å². The minimum Gasteiger partial charge on any atom is -0.462 e. The Labute approximate surface area is 101 Å². The van der Waals surface area contributed by atoms with Gasteiger partial charge in [-0.05, 0) is 32.7 Å². The molecule has 0 aromatic carbocycles. The highest BCUT2D eigenvalue weighted by Crippen LogP contribution is 2.26. The number of hydrogen-bond donors (Lipinski definition) is 0. The van der Waals surface area contributed by atoms with Crippen LogP contribution in [0.4, 0.5) is 0 Å². The molecule has 3 nitrogen and oxygen atoms in total. The molecule has 0 spiro atoms. The van der Waals surface area contributed by atoms with E-state index in [4.69, 9.17) is 8.85 Å². The zero-order valence-electron chi connectivity index (χ0n) is 11.3. The summed E-state index contributed by atoms with van der Waals surface area (Å²) in [4.78, 5) is 11.0. The molecule has 0 radical (unpaired) electrons. The van der Waals surface area contributed by atoms with E-state index < -0.39 is 16.6 Å². The molecule has 0 aromatic heterocycles. The number of hydrogen-bond acceptors (Lipinski definition) is 3. The van der Waals surface area contributed by atoms with Crippen molar-refractivity contribution < 1.29 is 13.6 Å². The monoisotopic (exact) mass is 260 g/mol. The highest BCUT2D eigenvalue weighted by Gasteiger charge is 2.35. The average molecular weight is 260 g/mol. The van der Waals surface area contributed by atoms with Crippen LogP contribution in [0, 0.1) is 0 Å². The molecule has 0 saturated heterocycles. The van der Waals surface area contributed by atoms with E-state index in [1.54, 1.807) is 0 Å². The third-order valence-corrected chi connectivity index (χ3v) is 9.49. The Morgan fingerprint density at radius 3 is 2.19 bits per heavy atom. The summed E-state index contributed by atoms with van der Waals surface area (Å²) in [6.07, 6.45) is 1.20. The maximum absolute atomic E-state index is 11.0. The number of carbonyl (C=O) groups excluding carboxylic acids is 1. The van der Waals surface area contributed by atoms with Gasteiger partial charge in [-0.2, -0.15) is 0 Å². The molecule has 1 atom stereocenters. The van der Waals surface area contributed by atoms with Crippen LogP contribution in [0.5, 0.6) is 0 Å². The summed E-state index contributed by atoms with van der Waals surface area (Å²) in [5.41, 5.74) is 0.295. The molecule has 0 N–H and O–H groups in total. The Morgan fingerprint density at radius 2 is 1.81 bits per heavy atom. The van der Waals surface area contributed by atoms with Crippen LogP contribution in [0.2, 0.25) is 38.3 Å². The summed E-state index contributed by atoms with van der Waals surface area (Å²) in [5, 5.41) is 0. The van der Waals surface area contributed by atoms with Crippen molar-refractivity contribution in [2.75, 3.05) is 6.61 Å². The second-order valence-corrected chi connectivity index (χ2v) is 14.8. The standard InChI is InChI=1S/C11H24O3Si2/c1-8-11(12)13-9-10(2)16(6,7)14-15(3,4)5/h8,10H,1,9H2,2-7H3. The zero-order valence-corrected chi connectivity index (χ0v) is 13.3. The summed E-state index contributed by atoms with van der Waals surface area (Å²) in [7, 11) is -3.29. The maximum Gasteiger partial charge on any atom is 0.330 e. The highest BCUT2D eigenvalue weighted by atomic mass is 28.4.